The molecule has 0 aromatic heterocycles. The van der Waals surface area contributed by atoms with Gasteiger partial charge in [0.05, 0.1) is 7.11 Å². The SMILES string of the molecule is COC(=O)[C@@H](CCc1ccccc1)NC(=O)C12CC3CC(CC(C3)C1)C2. The smallest absolute Gasteiger partial charge is 0.328 e. The monoisotopic (exact) mass is 355 g/mol. The van der Waals surface area contributed by atoms with Crippen molar-refractivity contribution in [3.05, 3.63) is 35.9 Å². The number of hydrogen-bond donors (Lipinski definition) is 1. The maximum atomic E-state index is 13.2. The van der Waals surface area contributed by atoms with Crippen LogP contribution in [0.15, 0.2) is 30.3 Å². The first kappa shape index (κ1) is 17.6. The molecule has 0 spiro atoms. The summed E-state index contributed by atoms with van der Waals surface area (Å²) < 4.78 is 4.97. The van der Waals surface area contributed by atoms with Gasteiger partial charge in [-0.2, -0.15) is 0 Å². The van der Waals surface area contributed by atoms with E-state index < -0.39 is 6.04 Å². The van der Waals surface area contributed by atoms with E-state index in [0.717, 1.165) is 25.7 Å². The van der Waals surface area contributed by atoms with Crippen LogP contribution in [0.4, 0.5) is 0 Å². The first-order valence-electron chi connectivity index (χ1n) is 10.0. The standard InChI is InChI=1S/C22H29NO3/c1-26-20(24)19(8-7-15-5-3-2-4-6-15)23-21(25)22-12-16-9-17(13-22)11-18(10-16)14-22/h2-6,16-19H,7-14H2,1H3,(H,23,25)/t16?,17?,18?,19-,22?/m1/s1. The second kappa shape index (κ2) is 7.05. The lowest BCUT2D eigenvalue weighted by Gasteiger charge is -2.55. The Morgan fingerprint density at radius 2 is 1.65 bits per heavy atom. The minimum absolute atomic E-state index is 0.0973. The summed E-state index contributed by atoms with van der Waals surface area (Å²) in [5.74, 6) is 1.91. The van der Waals surface area contributed by atoms with E-state index in [9.17, 15) is 9.59 Å². The highest BCUT2D eigenvalue weighted by Crippen LogP contribution is 2.60. The van der Waals surface area contributed by atoms with Crippen LogP contribution in [-0.4, -0.2) is 25.0 Å². The molecule has 4 fully saturated rings. The number of aryl methyl sites for hydroxylation is 1. The van der Waals surface area contributed by atoms with Crippen molar-refractivity contribution in [1.29, 1.82) is 0 Å². The molecule has 4 nitrogen and oxygen atoms in total. The first-order valence-corrected chi connectivity index (χ1v) is 10.0. The molecule has 1 aromatic carbocycles. The van der Waals surface area contributed by atoms with Crippen LogP contribution < -0.4 is 5.32 Å². The fourth-order valence-electron chi connectivity index (χ4n) is 6.05. The van der Waals surface area contributed by atoms with Crippen molar-refractivity contribution in [3.63, 3.8) is 0 Å². The number of methoxy groups -OCH3 is 1. The van der Waals surface area contributed by atoms with Gasteiger partial charge in [0.15, 0.2) is 0 Å². The molecule has 5 rings (SSSR count). The Morgan fingerprint density at radius 3 is 2.19 bits per heavy atom. The molecule has 1 aromatic rings. The molecule has 1 amide bonds. The quantitative estimate of drug-likeness (QED) is 0.795. The molecule has 1 N–H and O–H groups in total. The van der Waals surface area contributed by atoms with Crippen LogP contribution in [0.1, 0.15) is 50.5 Å². The molecule has 4 aliphatic carbocycles. The molecular weight excluding hydrogens is 326 g/mol. The van der Waals surface area contributed by atoms with Gasteiger partial charge >= 0.3 is 5.97 Å². The Kier molecular flexibility index (Phi) is 4.76. The summed E-state index contributed by atoms with van der Waals surface area (Å²) in [5.41, 5.74) is 0.943. The topological polar surface area (TPSA) is 55.4 Å². The lowest BCUT2D eigenvalue weighted by Crippen LogP contribution is -2.56. The van der Waals surface area contributed by atoms with E-state index in [1.807, 2.05) is 18.2 Å². The van der Waals surface area contributed by atoms with E-state index in [4.69, 9.17) is 4.74 Å². The Morgan fingerprint density at radius 1 is 1.08 bits per heavy atom. The number of benzene rings is 1. The van der Waals surface area contributed by atoms with Gasteiger partial charge in [0.2, 0.25) is 5.91 Å². The third kappa shape index (κ3) is 3.38. The molecule has 140 valence electrons. The van der Waals surface area contributed by atoms with E-state index in [2.05, 4.69) is 17.4 Å². The number of rotatable bonds is 6. The van der Waals surface area contributed by atoms with Gasteiger partial charge in [0.25, 0.3) is 0 Å². The van der Waals surface area contributed by atoms with Gasteiger partial charge in [-0.05, 0) is 74.7 Å². The van der Waals surface area contributed by atoms with E-state index in [0.29, 0.717) is 24.2 Å². The number of nitrogens with one attached hydrogen (secondary N) is 1. The van der Waals surface area contributed by atoms with Gasteiger partial charge in [-0.25, -0.2) is 4.79 Å². The summed E-state index contributed by atoms with van der Waals surface area (Å²) >= 11 is 0. The lowest BCUT2D eigenvalue weighted by atomic mass is 9.49. The Balaban J connectivity index is 1.43. The van der Waals surface area contributed by atoms with Crippen molar-refractivity contribution in [2.45, 2.75) is 57.4 Å². The lowest BCUT2D eigenvalue weighted by molar-refractivity contribution is -0.153. The number of carbonyl (C=O) groups is 2. The van der Waals surface area contributed by atoms with E-state index in [1.165, 1.54) is 31.9 Å². The normalized spacial score (nSPS) is 32.9. The van der Waals surface area contributed by atoms with Crippen LogP contribution in [-0.2, 0) is 20.7 Å². The van der Waals surface area contributed by atoms with Gasteiger partial charge in [0.1, 0.15) is 6.04 Å². The van der Waals surface area contributed by atoms with Crippen molar-refractivity contribution in [2.75, 3.05) is 7.11 Å². The average molecular weight is 355 g/mol. The molecule has 4 aliphatic rings. The van der Waals surface area contributed by atoms with Crippen molar-refractivity contribution in [3.8, 4) is 0 Å². The molecule has 0 unspecified atom stereocenters. The summed E-state index contributed by atoms with van der Waals surface area (Å²) in [5, 5.41) is 3.08. The van der Waals surface area contributed by atoms with Crippen LogP contribution in [0.3, 0.4) is 0 Å². The molecular formula is C22H29NO3. The molecule has 0 saturated heterocycles. The number of amides is 1. The van der Waals surface area contributed by atoms with Gasteiger partial charge < -0.3 is 10.1 Å². The third-order valence-corrected chi connectivity index (χ3v) is 6.88. The first-order chi connectivity index (χ1) is 12.6. The maximum absolute atomic E-state index is 13.2. The second-order valence-electron chi connectivity index (χ2n) is 8.77. The molecule has 0 heterocycles. The van der Waals surface area contributed by atoms with Gasteiger partial charge in [-0.15, -0.1) is 0 Å². The van der Waals surface area contributed by atoms with Crippen LogP contribution in [0.5, 0.6) is 0 Å². The van der Waals surface area contributed by atoms with Crippen LogP contribution >= 0.6 is 0 Å². The molecule has 1 atom stereocenters. The van der Waals surface area contributed by atoms with Crippen LogP contribution in [0.25, 0.3) is 0 Å². The zero-order valence-electron chi connectivity index (χ0n) is 15.6. The number of ether oxygens (including phenoxy) is 1. The van der Waals surface area contributed by atoms with Gasteiger partial charge in [-0.3, -0.25) is 4.79 Å². The summed E-state index contributed by atoms with van der Waals surface area (Å²) in [6.07, 6.45) is 8.28. The summed E-state index contributed by atoms with van der Waals surface area (Å²) in [4.78, 5) is 25.5. The molecule has 4 bridgehead atoms. The number of esters is 1. The van der Waals surface area contributed by atoms with Crippen molar-refractivity contribution >= 4 is 11.9 Å². The fraction of sp³-hybridized carbons (Fsp3) is 0.636. The highest BCUT2D eigenvalue weighted by atomic mass is 16.5. The molecule has 4 saturated carbocycles. The highest BCUT2D eigenvalue weighted by Gasteiger charge is 2.54. The summed E-state index contributed by atoms with van der Waals surface area (Å²) in [6, 6.07) is 9.52. The zero-order valence-corrected chi connectivity index (χ0v) is 15.6. The van der Waals surface area contributed by atoms with Crippen molar-refractivity contribution < 1.29 is 14.3 Å². The zero-order chi connectivity index (χ0) is 18.1. The third-order valence-electron chi connectivity index (χ3n) is 6.88. The predicted molar refractivity (Wildman–Crippen MR) is 99.3 cm³/mol. The summed E-state index contributed by atoms with van der Waals surface area (Å²) in [7, 11) is 1.40. The second-order valence-corrected chi connectivity index (χ2v) is 8.77. The predicted octanol–water partition coefficient (Wildman–Crippen LogP) is 3.49. The highest BCUT2D eigenvalue weighted by molar-refractivity contribution is 5.88. The van der Waals surface area contributed by atoms with E-state index in [-0.39, 0.29) is 17.3 Å². The Bertz CT molecular complexity index is 634. The van der Waals surface area contributed by atoms with Crippen molar-refractivity contribution in [2.24, 2.45) is 23.2 Å². The minimum atomic E-state index is -0.555. The van der Waals surface area contributed by atoms with Gasteiger partial charge in [0, 0.05) is 5.41 Å². The fourth-order valence-corrected chi connectivity index (χ4v) is 6.05. The van der Waals surface area contributed by atoms with Crippen molar-refractivity contribution in [1.82, 2.24) is 5.32 Å². The average Bonchev–Trinajstić information content (AvgIpc) is 2.64. The minimum Gasteiger partial charge on any atom is -0.467 e. The number of carbonyl (C=O) groups excluding carboxylic acids is 2. The summed E-state index contributed by atoms with van der Waals surface area (Å²) in [6.45, 7) is 0. The van der Waals surface area contributed by atoms with E-state index >= 15 is 0 Å². The van der Waals surface area contributed by atoms with Crippen LogP contribution in [0, 0.1) is 23.2 Å². The Labute approximate surface area is 155 Å². The van der Waals surface area contributed by atoms with Gasteiger partial charge in [-0.1, -0.05) is 30.3 Å². The number of hydrogen-bond acceptors (Lipinski definition) is 3. The molecule has 26 heavy (non-hydrogen) atoms. The molecule has 4 heteroatoms. The van der Waals surface area contributed by atoms with Crippen LogP contribution in [0.2, 0.25) is 0 Å². The largest absolute Gasteiger partial charge is 0.467 e. The maximum Gasteiger partial charge on any atom is 0.328 e. The molecule has 0 radical (unpaired) electrons. The molecule has 0 aliphatic heterocycles. The Hall–Kier alpha value is -1.84. The van der Waals surface area contributed by atoms with E-state index in [1.54, 1.807) is 0 Å².